The van der Waals surface area contributed by atoms with Crippen LogP contribution in [0.2, 0.25) is 0 Å². The number of halogens is 2. The molecule has 0 aliphatic carbocycles. The zero-order valence-corrected chi connectivity index (χ0v) is 9.75. The van der Waals surface area contributed by atoms with Crippen molar-refractivity contribution in [2.24, 2.45) is 0 Å². The van der Waals surface area contributed by atoms with Gasteiger partial charge in [0.05, 0.1) is 6.20 Å². The number of H-pyrrole nitrogens is 1. The maximum atomic E-state index is 12.1. The Kier molecular flexibility index (Phi) is 3.88. The van der Waals surface area contributed by atoms with Gasteiger partial charge in [0, 0.05) is 10.6 Å². The highest BCUT2D eigenvalue weighted by Gasteiger charge is 2.09. The van der Waals surface area contributed by atoms with E-state index < -0.39 is 11.7 Å². The summed E-state index contributed by atoms with van der Waals surface area (Å²) in [6.45, 7) is 0. The molecule has 0 aliphatic rings. The van der Waals surface area contributed by atoms with E-state index >= 15 is 0 Å². The lowest BCUT2D eigenvalue weighted by Crippen LogP contribution is -2.12. The summed E-state index contributed by atoms with van der Waals surface area (Å²) in [5.74, 6) is -2.88. The number of nitrogens with zero attached hydrogens (tertiary/aromatic N) is 2. The predicted molar refractivity (Wildman–Crippen MR) is 62.6 cm³/mol. The molecule has 0 atom stereocenters. The Hall–Kier alpha value is -1.96. The summed E-state index contributed by atoms with van der Waals surface area (Å²) in [5.41, 5.74) is 0.655. The number of benzene rings is 1. The average Bonchev–Trinajstić information content (AvgIpc) is 2.84. The van der Waals surface area contributed by atoms with Gasteiger partial charge in [-0.1, -0.05) is 11.8 Å². The highest BCUT2D eigenvalue weighted by atomic mass is 32.2. The summed E-state index contributed by atoms with van der Waals surface area (Å²) in [6.07, 6.45) is 1.29. The summed E-state index contributed by atoms with van der Waals surface area (Å²) >= 11 is 0.450. The van der Waals surface area contributed by atoms with E-state index in [-0.39, 0.29) is 5.69 Å². The van der Waals surface area contributed by atoms with Crippen LogP contribution in [-0.2, 0) is 0 Å². The number of carbonyl (C=O) groups excluding carboxylic acids is 1. The van der Waals surface area contributed by atoms with Crippen molar-refractivity contribution < 1.29 is 13.6 Å². The van der Waals surface area contributed by atoms with Crippen molar-refractivity contribution in [3.8, 4) is 0 Å². The first-order valence-electron chi connectivity index (χ1n) is 4.87. The normalized spacial score (nSPS) is 10.6. The van der Waals surface area contributed by atoms with Gasteiger partial charge in [-0.3, -0.25) is 4.79 Å². The second-order valence-electron chi connectivity index (χ2n) is 3.21. The molecule has 0 fully saturated rings. The van der Waals surface area contributed by atoms with Gasteiger partial charge < -0.3 is 5.32 Å². The number of thioether (sulfide) groups is 1. The lowest BCUT2D eigenvalue weighted by atomic mass is 10.3. The second kappa shape index (κ2) is 5.58. The molecule has 2 aromatic rings. The number of amides is 1. The molecule has 0 unspecified atom stereocenters. The lowest BCUT2D eigenvalue weighted by molar-refractivity contribution is 0.102. The molecule has 8 heteroatoms. The van der Waals surface area contributed by atoms with E-state index in [0.717, 1.165) is 0 Å². The predicted octanol–water partition coefficient (Wildman–Crippen LogP) is 2.37. The molecule has 1 amide bonds. The SMILES string of the molecule is O=C(Nc1ccc(SC(F)F)cc1)c1cn[nH]n1. The largest absolute Gasteiger partial charge is 0.321 e. The van der Waals surface area contributed by atoms with E-state index in [1.807, 2.05) is 0 Å². The molecule has 0 radical (unpaired) electrons. The number of rotatable bonds is 4. The van der Waals surface area contributed by atoms with Crippen molar-refractivity contribution in [2.45, 2.75) is 10.7 Å². The number of alkyl halides is 2. The molecule has 0 bridgehead atoms. The van der Waals surface area contributed by atoms with Gasteiger partial charge >= 0.3 is 0 Å². The maximum absolute atomic E-state index is 12.1. The van der Waals surface area contributed by atoms with Gasteiger partial charge in [-0.15, -0.1) is 0 Å². The van der Waals surface area contributed by atoms with Crippen LogP contribution in [-0.4, -0.2) is 27.1 Å². The minimum absolute atomic E-state index is 0.154. The highest BCUT2D eigenvalue weighted by Crippen LogP contribution is 2.26. The minimum Gasteiger partial charge on any atom is -0.321 e. The van der Waals surface area contributed by atoms with E-state index in [9.17, 15) is 13.6 Å². The van der Waals surface area contributed by atoms with Crippen LogP contribution in [0.5, 0.6) is 0 Å². The first-order valence-corrected chi connectivity index (χ1v) is 5.75. The first kappa shape index (κ1) is 12.5. The number of nitrogens with one attached hydrogen (secondary N) is 2. The van der Waals surface area contributed by atoms with E-state index in [0.29, 0.717) is 22.3 Å². The van der Waals surface area contributed by atoms with Crippen LogP contribution in [0.15, 0.2) is 35.4 Å². The standard InChI is InChI=1S/C10H8F2N4OS/c11-10(12)18-7-3-1-6(2-4-7)14-9(17)8-5-13-16-15-8/h1-5,10H,(H,14,17)(H,13,15,16). The maximum Gasteiger partial charge on any atom is 0.288 e. The van der Waals surface area contributed by atoms with Crippen LogP contribution in [0.3, 0.4) is 0 Å². The van der Waals surface area contributed by atoms with Crippen LogP contribution >= 0.6 is 11.8 Å². The third-order valence-corrected chi connectivity index (χ3v) is 2.71. The number of hydrogen-bond acceptors (Lipinski definition) is 4. The molecule has 2 N–H and O–H groups in total. The smallest absolute Gasteiger partial charge is 0.288 e. The quantitative estimate of drug-likeness (QED) is 0.837. The molecule has 1 heterocycles. The van der Waals surface area contributed by atoms with Gasteiger partial charge in [-0.2, -0.15) is 24.2 Å². The number of aromatic nitrogens is 3. The minimum atomic E-state index is -2.46. The summed E-state index contributed by atoms with van der Waals surface area (Å²) in [7, 11) is 0. The zero-order valence-electron chi connectivity index (χ0n) is 8.93. The van der Waals surface area contributed by atoms with Crippen molar-refractivity contribution in [1.82, 2.24) is 15.4 Å². The third kappa shape index (κ3) is 3.27. The summed E-state index contributed by atoms with van der Waals surface area (Å²) in [4.78, 5) is 12.0. The van der Waals surface area contributed by atoms with Crippen molar-refractivity contribution >= 4 is 23.4 Å². The molecule has 2 rings (SSSR count). The van der Waals surface area contributed by atoms with E-state index in [2.05, 4.69) is 20.7 Å². The van der Waals surface area contributed by atoms with Crippen LogP contribution in [0.4, 0.5) is 14.5 Å². The summed E-state index contributed by atoms with van der Waals surface area (Å²) in [5, 5.41) is 12.0. The van der Waals surface area contributed by atoms with Crippen molar-refractivity contribution in [3.63, 3.8) is 0 Å². The number of anilines is 1. The Bertz CT molecular complexity index is 515. The topological polar surface area (TPSA) is 70.7 Å². The van der Waals surface area contributed by atoms with Crippen LogP contribution in [0.1, 0.15) is 10.5 Å². The van der Waals surface area contributed by atoms with E-state index in [1.54, 1.807) is 12.1 Å². The third-order valence-electron chi connectivity index (χ3n) is 1.99. The molecule has 0 aliphatic heterocycles. The van der Waals surface area contributed by atoms with Gasteiger partial charge in [0.25, 0.3) is 11.7 Å². The van der Waals surface area contributed by atoms with Gasteiger partial charge in [0.15, 0.2) is 5.69 Å². The fraction of sp³-hybridized carbons (Fsp3) is 0.100. The summed E-state index contributed by atoms with van der Waals surface area (Å²) < 4.78 is 24.2. The number of carbonyl (C=O) groups is 1. The van der Waals surface area contributed by atoms with Gasteiger partial charge in [-0.05, 0) is 24.3 Å². The Morgan fingerprint density at radius 3 is 2.61 bits per heavy atom. The fourth-order valence-electron chi connectivity index (χ4n) is 1.23. The molecular formula is C10H8F2N4OS. The average molecular weight is 270 g/mol. The number of aromatic amines is 1. The van der Waals surface area contributed by atoms with Crippen molar-refractivity contribution in [2.75, 3.05) is 5.32 Å². The molecular weight excluding hydrogens is 262 g/mol. The monoisotopic (exact) mass is 270 g/mol. The lowest BCUT2D eigenvalue weighted by Gasteiger charge is -2.04. The zero-order chi connectivity index (χ0) is 13.0. The van der Waals surface area contributed by atoms with E-state index in [4.69, 9.17) is 0 Å². The Morgan fingerprint density at radius 2 is 2.06 bits per heavy atom. The molecule has 94 valence electrons. The van der Waals surface area contributed by atoms with Crippen LogP contribution < -0.4 is 5.32 Å². The van der Waals surface area contributed by atoms with Crippen molar-refractivity contribution in [1.29, 1.82) is 0 Å². The Labute approximate surface area is 105 Å². The molecule has 1 aromatic heterocycles. The first-order chi connectivity index (χ1) is 8.65. The number of hydrogen-bond donors (Lipinski definition) is 2. The second-order valence-corrected chi connectivity index (χ2v) is 4.28. The molecule has 5 nitrogen and oxygen atoms in total. The van der Waals surface area contributed by atoms with Gasteiger partial charge in [-0.25, -0.2) is 0 Å². The molecule has 0 saturated heterocycles. The summed E-state index contributed by atoms with van der Waals surface area (Å²) in [6, 6.07) is 6.11. The molecule has 0 spiro atoms. The van der Waals surface area contributed by atoms with Gasteiger partial charge in [0.2, 0.25) is 0 Å². The van der Waals surface area contributed by atoms with Crippen LogP contribution in [0, 0.1) is 0 Å². The van der Waals surface area contributed by atoms with Crippen molar-refractivity contribution in [3.05, 3.63) is 36.2 Å². The Balaban J connectivity index is 2.00. The highest BCUT2D eigenvalue weighted by molar-refractivity contribution is 7.99. The molecule has 1 aromatic carbocycles. The molecule has 18 heavy (non-hydrogen) atoms. The van der Waals surface area contributed by atoms with Gasteiger partial charge in [0.1, 0.15) is 0 Å². The Morgan fingerprint density at radius 1 is 1.33 bits per heavy atom. The van der Waals surface area contributed by atoms with Crippen LogP contribution in [0.25, 0.3) is 0 Å². The fourth-order valence-corrected chi connectivity index (χ4v) is 1.72. The van der Waals surface area contributed by atoms with E-state index in [1.165, 1.54) is 18.3 Å². The molecule has 0 saturated carbocycles.